The average Bonchev–Trinajstić information content (AvgIpc) is 2.87. The van der Waals surface area contributed by atoms with Crippen molar-refractivity contribution in [2.75, 3.05) is 26.4 Å². The van der Waals surface area contributed by atoms with Crippen LogP contribution in [-0.4, -0.2) is 41.6 Å². The molecule has 3 aliphatic rings. The molecule has 1 saturated heterocycles. The molecular weight excluding hydrogens is 462 g/mol. The lowest BCUT2D eigenvalue weighted by Crippen LogP contribution is -2.30. The maximum atomic E-state index is 12.1. The minimum Gasteiger partial charge on any atom is -0.388 e. The summed E-state index contributed by atoms with van der Waals surface area (Å²) in [5, 5.41) is 23.6. The molecule has 0 radical (unpaired) electrons. The Morgan fingerprint density at radius 1 is 1.03 bits per heavy atom. The van der Waals surface area contributed by atoms with Crippen LogP contribution in [0.1, 0.15) is 118 Å². The van der Waals surface area contributed by atoms with Gasteiger partial charge in [0.15, 0.2) is 0 Å². The molecule has 0 spiro atoms. The topological polar surface area (TPSA) is 71.8 Å². The Kier molecular flexibility index (Phi) is 7.36. The molecule has 2 aliphatic heterocycles. The van der Waals surface area contributed by atoms with Gasteiger partial charge in [0, 0.05) is 36.0 Å². The number of pyridine rings is 1. The molecule has 2 aromatic rings. The first kappa shape index (κ1) is 26.6. The molecular formula is C32H43NO4. The van der Waals surface area contributed by atoms with E-state index in [-0.39, 0.29) is 16.7 Å². The van der Waals surface area contributed by atoms with E-state index in [0.29, 0.717) is 32.8 Å². The van der Waals surface area contributed by atoms with Crippen LogP contribution in [0.15, 0.2) is 30.3 Å². The van der Waals surface area contributed by atoms with Gasteiger partial charge in [-0.15, -0.1) is 0 Å². The number of aliphatic hydroxyl groups excluding tert-OH is 2. The maximum Gasteiger partial charge on any atom is 0.106 e. The summed E-state index contributed by atoms with van der Waals surface area (Å²) >= 11 is 0. The molecule has 1 unspecified atom stereocenters. The summed E-state index contributed by atoms with van der Waals surface area (Å²) < 4.78 is 11.4. The number of benzene rings is 1. The Morgan fingerprint density at radius 3 is 2.35 bits per heavy atom. The lowest BCUT2D eigenvalue weighted by molar-refractivity contribution is 0.0823. The van der Waals surface area contributed by atoms with Crippen LogP contribution < -0.4 is 0 Å². The van der Waals surface area contributed by atoms with Crippen molar-refractivity contribution in [2.45, 2.75) is 90.3 Å². The van der Waals surface area contributed by atoms with Gasteiger partial charge in [0.05, 0.1) is 25.0 Å². The maximum absolute atomic E-state index is 12.1. The van der Waals surface area contributed by atoms with Crippen molar-refractivity contribution < 1.29 is 19.7 Å². The third kappa shape index (κ3) is 5.42. The Bertz CT molecular complexity index is 1150. The number of rotatable bonds is 4. The summed E-state index contributed by atoms with van der Waals surface area (Å²) in [7, 11) is 0. The summed E-state index contributed by atoms with van der Waals surface area (Å²) in [5.74, 6) is 0.221. The van der Waals surface area contributed by atoms with Crippen molar-refractivity contribution in [3.8, 4) is 0 Å². The van der Waals surface area contributed by atoms with E-state index in [1.54, 1.807) is 0 Å². The van der Waals surface area contributed by atoms with Crippen molar-refractivity contribution in [3.05, 3.63) is 69.5 Å². The van der Waals surface area contributed by atoms with Gasteiger partial charge in [-0.05, 0) is 65.2 Å². The summed E-state index contributed by atoms with van der Waals surface area (Å²) in [6.07, 6.45) is 4.76. The second-order valence-electron chi connectivity index (χ2n) is 12.9. The van der Waals surface area contributed by atoms with E-state index < -0.39 is 12.2 Å². The molecule has 0 saturated carbocycles. The fourth-order valence-corrected chi connectivity index (χ4v) is 6.32. The molecule has 0 amide bonds. The van der Waals surface area contributed by atoms with Gasteiger partial charge in [0.25, 0.3) is 0 Å². The smallest absolute Gasteiger partial charge is 0.106 e. The zero-order chi connectivity index (χ0) is 26.4. The van der Waals surface area contributed by atoms with E-state index in [2.05, 4.69) is 65.0 Å². The Labute approximate surface area is 221 Å². The van der Waals surface area contributed by atoms with Gasteiger partial charge in [-0.2, -0.15) is 0 Å². The summed E-state index contributed by atoms with van der Waals surface area (Å²) in [5.41, 5.74) is 8.07. The molecule has 5 heteroatoms. The molecule has 5 rings (SSSR count). The fraction of sp³-hybridized carbons (Fsp3) is 0.594. The first-order chi connectivity index (χ1) is 17.5. The zero-order valence-electron chi connectivity index (χ0n) is 23.1. The largest absolute Gasteiger partial charge is 0.388 e. The van der Waals surface area contributed by atoms with E-state index in [0.717, 1.165) is 64.9 Å². The number of ether oxygens (including phenoxy) is 2. The SMILES string of the molecule is CC1(C)Cc2nc(C3CCOCC3)c([C@H](O)c3ccc(C(C)(C)C)cc3)c(C3=CCOCC3)c2C(O)C1. The highest BCUT2D eigenvalue weighted by Crippen LogP contribution is 2.48. The minimum absolute atomic E-state index is 0.0311. The number of hydrogen-bond donors (Lipinski definition) is 2. The van der Waals surface area contributed by atoms with Crippen LogP contribution in [-0.2, 0) is 21.3 Å². The number of aliphatic hydroxyl groups is 2. The van der Waals surface area contributed by atoms with Crippen LogP contribution in [0.5, 0.6) is 0 Å². The van der Waals surface area contributed by atoms with Gasteiger partial charge in [0.1, 0.15) is 6.10 Å². The summed E-state index contributed by atoms with van der Waals surface area (Å²) in [4.78, 5) is 5.31. The Hall–Kier alpha value is -2.05. The summed E-state index contributed by atoms with van der Waals surface area (Å²) in [6, 6.07) is 8.37. The highest BCUT2D eigenvalue weighted by Gasteiger charge is 2.39. The molecule has 200 valence electrons. The third-order valence-corrected chi connectivity index (χ3v) is 8.36. The van der Waals surface area contributed by atoms with Crippen LogP contribution in [0.25, 0.3) is 5.57 Å². The normalized spacial score (nSPS) is 23.3. The van der Waals surface area contributed by atoms with Crippen molar-refractivity contribution in [1.29, 1.82) is 0 Å². The standard InChI is InChI=1S/C32H43NO4/c1-31(2,3)23-8-6-22(7-9-23)30(35)28-26(20-10-14-36-15-11-20)27-24(18-32(4,5)19-25(27)34)33-29(28)21-12-16-37-17-13-21/h6-10,21,25,30,34-35H,11-19H2,1-5H3/t25?,30-/m1/s1. The number of aromatic nitrogens is 1. The monoisotopic (exact) mass is 505 g/mol. The van der Waals surface area contributed by atoms with Gasteiger partial charge in [-0.1, -0.05) is 65.0 Å². The molecule has 1 aromatic heterocycles. The van der Waals surface area contributed by atoms with Gasteiger partial charge in [0.2, 0.25) is 0 Å². The molecule has 1 aliphatic carbocycles. The quantitative estimate of drug-likeness (QED) is 0.520. The van der Waals surface area contributed by atoms with E-state index in [1.165, 1.54) is 5.56 Å². The van der Waals surface area contributed by atoms with Crippen LogP contribution in [0.4, 0.5) is 0 Å². The molecule has 1 fully saturated rings. The van der Waals surface area contributed by atoms with Crippen LogP contribution in [0, 0.1) is 5.41 Å². The number of fused-ring (bicyclic) bond motifs is 1. The Morgan fingerprint density at radius 2 is 1.73 bits per heavy atom. The van der Waals surface area contributed by atoms with Crippen LogP contribution in [0.2, 0.25) is 0 Å². The van der Waals surface area contributed by atoms with Crippen LogP contribution in [0.3, 0.4) is 0 Å². The molecule has 37 heavy (non-hydrogen) atoms. The predicted molar refractivity (Wildman–Crippen MR) is 147 cm³/mol. The lowest BCUT2D eigenvalue weighted by atomic mass is 9.70. The average molecular weight is 506 g/mol. The van der Waals surface area contributed by atoms with Crippen molar-refractivity contribution in [3.63, 3.8) is 0 Å². The highest BCUT2D eigenvalue weighted by molar-refractivity contribution is 5.75. The van der Waals surface area contributed by atoms with Gasteiger partial charge in [-0.3, -0.25) is 4.98 Å². The molecule has 2 N–H and O–H groups in total. The van der Waals surface area contributed by atoms with Crippen LogP contribution >= 0.6 is 0 Å². The molecule has 2 atom stereocenters. The molecule has 1 aromatic carbocycles. The van der Waals surface area contributed by atoms with E-state index in [9.17, 15) is 10.2 Å². The zero-order valence-corrected chi connectivity index (χ0v) is 23.1. The van der Waals surface area contributed by atoms with E-state index >= 15 is 0 Å². The first-order valence-electron chi connectivity index (χ1n) is 13.9. The van der Waals surface area contributed by atoms with Gasteiger partial charge >= 0.3 is 0 Å². The van der Waals surface area contributed by atoms with Crippen molar-refractivity contribution in [1.82, 2.24) is 4.98 Å². The molecule has 5 nitrogen and oxygen atoms in total. The van der Waals surface area contributed by atoms with Crippen molar-refractivity contribution >= 4 is 5.57 Å². The highest BCUT2D eigenvalue weighted by atomic mass is 16.5. The first-order valence-corrected chi connectivity index (χ1v) is 13.9. The van der Waals surface area contributed by atoms with Gasteiger partial charge < -0.3 is 19.7 Å². The Balaban J connectivity index is 1.74. The van der Waals surface area contributed by atoms with Crippen molar-refractivity contribution in [2.24, 2.45) is 5.41 Å². The second-order valence-corrected chi connectivity index (χ2v) is 12.9. The van der Waals surface area contributed by atoms with E-state index in [1.807, 2.05) is 0 Å². The summed E-state index contributed by atoms with van der Waals surface area (Å²) in [6.45, 7) is 13.6. The third-order valence-electron chi connectivity index (χ3n) is 8.36. The van der Waals surface area contributed by atoms with E-state index in [4.69, 9.17) is 14.5 Å². The second kappa shape index (κ2) is 10.3. The van der Waals surface area contributed by atoms with Gasteiger partial charge in [-0.25, -0.2) is 0 Å². The molecule has 3 heterocycles. The number of nitrogens with zero attached hydrogens (tertiary/aromatic N) is 1. The molecule has 0 bridgehead atoms. The minimum atomic E-state index is -0.828. The number of hydrogen-bond acceptors (Lipinski definition) is 5. The fourth-order valence-electron chi connectivity index (χ4n) is 6.32. The predicted octanol–water partition coefficient (Wildman–Crippen LogP) is 6.16. The lowest BCUT2D eigenvalue weighted by Gasteiger charge is -2.39.